The molecule has 1 aliphatic rings. The van der Waals surface area contributed by atoms with E-state index in [9.17, 15) is 19.2 Å². The quantitative estimate of drug-likeness (QED) is 0.152. The summed E-state index contributed by atoms with van der Waals surface area (Å²) in [7, 11) is 0. The largest absolute Gasteiger partial charge is 0.474 e. The van der Waals surface area contributed by atoms with E-state index in [2.05, 4.69) is 223 Å². The molecule has 0 aliphatic heterocycles. The van der Waals surface area contributed by atoms with E-state index in [1.54, 1.807) is 48.8 Å². The van der Waals surface area contributed by atoms with Crippen molar-refractivity contribution < 1.29 is 84.8 Å². The molecule has 10 nitrogen and oxygen atoms in total. The summed E-state index contributed by atoms with van der Waals surface area (Å²) in [6, 6.07) is 66.5. The fraction of sp³-hybridized carbons (Fsp3) is 0.224. The fourth-order valence-corrected chi connectivity index (χ4v) is 14.7. The minimum atomic E-state index is -0.130. The van der Waals surface area contributed by atoms with Crippen molar-refractivity contribution in [2.45, 2.75) is 124 Å². The predicted molar refractivity (Wildman–Crippen MR) is 397 cm³/mol. The normalized spacial score (nSPS) is 12.6. The Morgan fingerprint density at radius 1 is 0.380 bits per heavy atom. The van der Waals surface area contributed by atoms with Crippen molar-refractivity contribution in [3.05, 3.63) is 300 Å². The van der Waals surface area contributed by atoms with Crippen molar-refractivity contribution in [2.75, 3.05) is 0 Å². The summed E-state index contributed by atoms with van der Waals surface area (Å²) in [6.45, 7) is 30.0. The van der Waals surface area contributed by atoms with Crippen LogP contribution in [0.4, 0.5) is 0 Å². The minimum absolute atomic E-state index is 0. The topological polar surface area (TPSA) is 104 Å². The number of benzene rings is 5. The molecule has 0 unspecified atom stereocenters. The van der Waals surface area contributed by atoms with Crippen molar-refractivity contribution in [3.8, 4) is 16.8 Å². The molecule has 16 aromatic rings. The van der Waals surface area contributed by atoms with Crippen LogP contribution in [-0.2, 0) is 107 Å². The number of rotatable bonds is 1. The first kappa shape index (κ1) is 74.9. The average molecular weight is 2050 g/mol. The van der Waals surface area contributed by atoms with E-state index in [1.165, 1.54) is 41.4 Å². The zero-order chi connectivity index (χ0) is 67.7. The number of aromatic nitrogens is 5. The van der Waals surface area contributed by atoms with Crippen LogP contribution < -0.4 is 22.2 Å². The van der Waals surface area contributed by atoms with Gasteiger partial charge in [0.05, 0.1) is 5.58 Å². The molecule has 17 rings (SSSR count). The van der Waals surface area contributed by atoms with Gasteiger partial charge < -0.3 is 45.8 Å². The standard InChI is InChI=1S/C25H21N2O.C22H22NO.C19H16NO2.C19H16NOS.4Ir/c1-25(2,3)17-15-22-24-20(13-14-26(22)23(28)16-17)19-11-7-8-12-21(19)27(24)18-9-5-4-6-10-18;1-21(2,3)14-12-18-20-16(10-11-23(18)19(24)13-14)15-8-6-7-9-17(15)22(20,4)5;1-19(2,3)12-10-15-18-14(8-9-20(15)17(21)11-12)13-6-4-5-7-16(13)22-18;1-19(2,3)12-10-14-18-13-6-4-5-7-15(13)22-16(18)8-9-20(14)17(21)11-12;;;;/h4-13,15-16H,1-3H3;6-10,12-13H,1-5H3;2*4-8,10-11H,1-3H3;;;;/q4*-1;;;;. The van der Waals surface area contributed by atoms with Gasteiger partial charge in [-0.1, -0.05) is 298 Å². The Balaban J connectivity index is 0.000000143. The zero-order valence-electron chi connectivity index (χ0n) is 58.1. The van der Waals surface area contributed by atoms with E-state index in [0.29, 0.717) is 0 Å². The number of hydrogen-bond donors (Lipinski definition) is 0. The first-order chi connectivity index (χ1) is 45.6. The zero-order valence-corrected chi connectivity index (χ0v) is 68.5. The molecule has 100 heavy (non-hydrogen) atoms. The molecule has 0 atom stereocenters. The Morgan fingerprint density at radius 3 is 1.42 bits per heavy atom. The molecule has 0 saturated carbocycles. The maximum atomic E-state index is 12.9. The summed E-state index contributed by atoms with van der Waals surface area (Å²) in [5.74, 6) is 0. The van der Waals surface area contributed by atoms with Crippen molar-refractivity contribution in [1.82, 2.24) is 22.2 Å². The van der Waals surface area contributed by atoms with Crippen molar-refractivity contribution in [2.24, 2.45) is 0 Å². The summed E-state index contributed by atoms with van der Waals surface area (Å²) in [5.41, 5.74) is 16.9. The van der Waals surface area contributed by atoms with Crippen LogP contribution >= 0.6 is 11.3 Å². The number of thiophene rings is 1. The fourth-order valence-electron chi connectivity index (χ4n) is 13.6. The molecule has 1 aliphatic carbocycles. The molecule has 15 heteroatoms. The molecule has 0 amide bonds. The maximum absolute atomic E-state index is 12.9. The van der Waals surface area contributed by atoms with Crippen LogP contribution in [0.3, 0.4) is 0 Å². The van der Waals surface area contributed by atoms with E-state index in [-0.39, 0.29) is 130 Å². The Kier molecular flexibility index (Phi) is 20.9. The summed E-state index contributed by atoms with van der Waals surface area (Å²) in [5, 5.41) is 6.66. The molecule has 5 aromatic carbocycles. The van der Waals surface area contributed by atoms with E-state index in [0.717, 1.165) is 99.1 Å². The minimum Gasteiger partial charge on any atom is -0.474 e. The number of pyridine rings is 8. The van der Waals surface area contributed by atoms with Gasteiger partial charge in [0.1, 0.15) is 5.58 Å². The van der Waals surface area contributed by atoms with E-state index in [1.807, 2.05) is 78.9 Å². The van der Waals surface area contributed by atoms with Gasteiger partial charge in [0, 0.05) is 107 Å². The van der Waals surface area contributed by atoms with Crippen molar-refractivity contribution in [1.29, 1.82) is 0 Å². The maximum Gasteiger partial charge on any atom is 0.171 e. The number of furan rings is 1. The predicted octanol–water partition coefficient (Wildman–Crippen LogP) is 19.2. The van der Waals surface area contributed by atoms with Crippen LogP contribution in [0.2, 0.25) is 0 Å². The Morgan fingerprint density at radius 2 is 0.820 bits per heavy atom. The molecule has 0 saturated heterocycles. The second-order valence-electron chi connectivity index (χ2n) is 29.9. The first-order valence-electron chi connectivity index (χ1n) is 32.6. The van der Waals surface area contributed by atoms with Gasteiger partial charge in [0.15, 0.2) is 22.2 Å². The van der Waals surface area contributed by atoms with Crippen LogP contribution in [0.25, 0.3) is 103 Å². The van der Waals surface area contributed by atoms with Gasteiger partial charge in [-0.25, -0.2) is 0 Å². The van der Waals surface area contributed by atoms with Gasteiger partial charge in [0.2, 0.25) is 0 Å². The van der Waals surface area contributed by atoms with E-state index in [4.69, 9.17) is 4.42 Å². The van der Waals surface area contributed by atoms with Crippen LogP contribution in [0, 0.1) is 24.8 Å². The molecular formula is C85H75Ir4N5O5S-4. The second kappa shape index (κ2) is 27.9. The van der Waals surface area contributed by atoms with Gasteiger partial charge in [-0.05, 0) is 125 Å². The van der Waals surface area contributed by atoms with Gasteiger partial charge in [-0.2, -0.15) is 11.3 Å². The average Bonchev–Trinajstić information content (AvgIpc) is 1.57. The summed E-state index contributed by atoms with van der Waals surface area (Å²) >= 11 is 1.75. The number of hydrogen-bond acceptors (Lipinski definition) is 6. The summed E-state index contributed by atoms with van der Waals surface area (Å²) in [4.78, 5) is 50.4. The molecule has 11 heterocycles. The van der Waals surface area contributed by atoms with Gasteiger partial charge in [-0.3, -0.25) is 0 Å². The van der Waals surface area contributed by atoms with Crippen LogP contribution in [0.5, 0.6) is 0 Å². The molecule has 516 valence electrons. The molecule has 0 bridgehead atoms. The third-order valence-electron chi connectivity index (χ3n) is 18.9. The Bertz CT molecular complexity index is 6100. The number of fused-ring (bicyclic) bond motifs is 20. The molecule has 11 aromatic heterocycles. The Hall–Kier alpha value is -7.76. The van der Waals surface area contributed by atoms with Crippen LogP contribution in [0.1, 0.15) is 130 Å². The Labute approximate surface area is 639 Å². The van der Waals surface area contributed by atoms with E-state index < -0.39 is 0 Å². The van der Waals surface area contributed by atoms with Crippen LogP contribution in [-0.4, -0.2) is 22.2 Å². The second-order valence-corrected chi connectivity index (χ2v) is 31.0. The SMILES string of the molecule is CC(C)(C)c1cc(=O)n2[c-]cc3c(c2c1)C(C)(C)c1ccccc1-3.CC(C)(C)c1cc(=O)n2[c-]cc3c4ccccc4n(-c4ccccc4)c3c2c1.CC(C)(C)c1cc(=O)n2[c-]cc3c4ccccc4oc3c2c1.CC(C)(C)c1cc(=O)n2[c-]cc3sc4ccccc4c3c2c1.[Ir].[Ir].[Ir].[Ir]. The molecule has 0 fully saturated rings. The summed E-state index contributed by atoms with van der Waals surface area (Å²) < 4.78 is 17.1. The molecule has 4 radical (unpaired) electrons. The van der Waals surface area contributed by atoms with Crippen molar-refractivity contribution in [3.63, 3.8) is 0 Å². The molecule has 0 N–H and O–H groups in total. The molecular weight excluding hydrogens is 1970 g/mol. The third kappa shape index (κ3) is 13.3. The van der Waals surface area contributed by atoms with Gasteiger partial charge in [-0.15, -0.1) is 24.3 Å². The van der Waals surface area contributed by atoms with Crippen LogP contribution in [0.15, 0.2) is 224 Å². The van der Waals surface area contributed by atoms with E-state index >= 15 is 0 Å². The first-order valence-corrected chi connectivity index (χ1v) is 33.5. The third-order valence-corrected chi connectivity index (χ3v) is 20.0. The molecule has 0 spiro atoms. The smallest absolute Gasteiger partial charge is 0.171 e. The number of nitrogens with zero attached hydrogens (tertiary/aromatic N) is 5. The van der Waals surface area contributed by atoms with Crippen molar-refractivity contribution >= 4 is 97.3 Å². The number of para-hydroxylation sites is 3. The van der Waals surface area contributed by atoms with Gasteiger partial charge >= 0.3 is 0 Å². The summed E-state index contributed by atoms with van der Waals surface area (Å²) in [6.07, 6.45) is 12.5. The monoisotopic (exact) mass is 2050 g/mol. The van der Waals surface area contributed by atoms with Gasteiger partial charge in [0.25, 0.3) is 0 Å².